The number of hydrazone groups is 1. The normalized spacial score (nSPS) is 11.5. The summed E-state index contributed by atoms with van der Waals surface area (Å²) in [7, 11) is 0. The Balaban J connectivity index is 1.78. The van der Waals surface area contributed by atoms with Crippen molar-refractivity contribution < 1.29 is 4.79 Å². The van der Waals surface area contributed by atoms with E-state index in [1.54, 1.807) is 24.3 Å². The number of benzene rings is 3. The Morgan fingerprint density at radius 3 is 2.30 bits per heavy atom. The molecule has 0 saturated carbocycles. The Hall–Kier alpha value is -2.65. The molecular formula is C19H15ClN2O. The minimum atomic E-state index is -0.262. The van der Waals surface area contributed by atoms with E-state index < -0.39 is 0 Å². The van der Waals surface area contributed by atoms with Gasteiger partial charge in [0.2, 0.25) is 0 Å². The van der Waals surface area contributed by atoms with Gasteiger partial charge in [0.05, 0.1) is 5.71 Å². The van der Waals surface area contributed by atoms with Crippen LogP contribution in [0.4, 0.5) is 0 Å². The lowest BCUT2D eigenvalue weighted by molar-refractivity contribution is 0.0955. The highest BCUT2D eigenvalue weighted by atomic mass is 35.5. The topological polar surface area (TPSA) is 41.5 Å². The van der Waals surface area contributed by atoms with E-state index in [9.17, 15) is 4.79 Å². The van der Waals surface area contributed by atoms with Crippen LogP contribution in [0, 0.1) is 0 Å². The van der Waals surface area contributed by atoms with Gasteiger partial charge in [-0.1, -0.05) is 48.0 Å². The van der Waals surface area contributed by atoms with E-state index in [2.05, 4.69) is 28.7 Å². The maximum Gasteiger partial charge on any atom is 0.271 e. The predicted octanol–water partition coefficient (Wildman–Crippen LogP) is 4.65. The zero-order valence-electron chi connectivity index (χ0n) is 12.6. The number of fused-ring (bicyclic) bond motifs is 1. The van der Waals surface area contributed by atoms with Crippen molar-refractivity contribution in [3.05, 3.63) is 82.9 Å². The van der Waals surface area contributed by atoms with Crippen molar-refractivity contribution in [1.82, 2.24) is 5.43 Å². The van der Waals surface area contributed by atoms with Crippen molar-refractivity contribution in [2.24, 2.45) is 5.10 Å². The van der Waals surface area contributed by atoms with Crippen molar-refractivity contribution >= 4 is 34.0 Å². The van der Waals surface area contributed by atoms with Crippen LogP contribution in [0.2, 0.25) is 5.02 Å². The molecule has 114 valence electrons. The Morgan fingerprint density at radius 1 is 0.913 bits per heavy atom. The molecule has 0 atom stereocenters. The van der Waals surface area contributed by atoms with Gasteiger partial charge in [0.15, 0.2) is 0 Å². The average molecular weight is 323 g/mol. The van der Waals surface area contributed by atoms with Gasteiger partial charge in [0.25, 0.3) is 5.91 Å². The SMILES string of the molecule is C/C(=N\NC(=O)c1ccc(Cl)cc1)c1ccc2ccccc2c1. The second-order valence-corrected chi connectivity index (χ2v) is 5.64. The second kappa shape index (κ2) is 6.63. The van der Waals surface area contributed by atoms with Crippen molar-refractivity contribution in [2.75, 3.05) is 0 Å². The van der Waals surface area contributed by atoms with Crippen LogP contribution in [-0.4, -0.2) is 11.6 Å². The van der Waals surface area contributed by atoms with E-state index in [1.165, 1.54) is 5.39 Å². The highest BCUT2D eigenvalue weighted by Crippen LogP contribution is 2.16. The van der Waals surface area contributed by atoms with Gasteiger partial charge in [-0.25, -0.2) is 5.43 Å². The first-order valence-corrected chi connectivity index (χ1v) is 7.61. The van der Waals surface area contributed by atoms with Gasteiger partial charge in [-0.15, -0.1) is 0 Å². The third-order valence-electron chi connectivity index (χ3n) is 3.60. The monoisotopic (exact) mass is 322 g/mol. The molecule has 1 N–H and O–H groups in total. The molecule has 3 aromatic rings. The van der Waals surface area contributed by atoms with Crippen molar-refractivity contribution in [2.45, 2.75) is 6.92 Å². The van der Waals surface area contributed by atoms with Gasteiger partial charge in [0, 0.05) is 10.6 Å². The van der Waals surface area contributed by atoms with E-state index in [1.807, 2.05) is 31.2 Å². The molecule has 0 radical (unpaired) electrons. The van der Waals surface area contributed by atoms with E-state index >= 15 is 0 Å². The largest absolute Gasteiger partial charge is 0.271 e. The molecule has 0 bridgehead atoms. The third kappa shape index (κ3) is 3.58. The maximum atomic E-state index is 12.0. The average Bonchev–Trinajstić information content (AvgIpc) is 2.59. The highest BCUT2D eigenvalue weighted by Gasteiger charge is 2.05. The molecule has 0 spiro atoms. The molecule has 0 unspecified atom stereocenters. The van der Waals surface area contributed by atoms with E-state index in [-0.39, 0.29) is 5.91 Å². The molecular weight excluding hydrogens is 308 g/mol. The summed E-state index contributed by atoms with van der Waals surface area (Å²) in [5, 5.41) is 7.10. The lowest BCUT2D eigenvalue weighted by Crippen LogP contribution is -2.19. The molecule has 0 aliphatic rings. The molecule has 23 heavy (non-hydrogen) atoms. The Morgan fingerprint density at radius 2 is 1.57 bits per heavy atom. The molecule has 3 aromatic carbocycles. The second-order valence-electron chi connectivity index (χ2n) is 5.21. The van der Waals surface area contributed by atoms with Gasteiger partial charge in [0.1, 0.15) is 0 Å². The van der Waals surface area contributed by atoms with Gasteiger partial charge in [-0.05, 0) is 53.6 Å². The summed E-state index contributed by atoms with van der Waals surface area (Å²) in [6.07, 6.45) is 0. The number of carbonyl (C=O) groups excluding carboxylic acids is 1. The van der Waals surface area contributed by atoms with Crippen LogP contribution in [0.1, 0.15) is 22.8 Å². The van der Waals surface area contributed by atoms with E-state index in [4.69, 9.17) is 11.6 Å². The molecule has 1 amide bonds. The fourth-order valence-electron chi connectivity index (χ4n) is 2.28. The van der Waals surface area contributed by atoms with Crippen molar-refractivity contribution in [3.8, 4) is 0 Å². The van der Waals surface area contributed by atoms with Gasteiger partial charge < -0.3 is 0 Å². The third-order valence-corrected chi connectivity index (χ3v) is 3.85. The zero-order valence-corrected chi connectivity index (χ0v) is 13.3. The molecule has 0 saturated heterocycles. The summed E-state index contributed by atoms with van der Waals surface area (Å²) >= 11 is 5.81. The number of halogens is 1. The number of rotatable bonds is 3. The molecule has 0 fully saturated rings. The number of amides is 1. The van der Waals surface area contributed by atoms with Crippen LogP contribution >= 0.6 is 11.6 Å². The fraction of sp³-hybridized carbons (Fsp3) is 0.0526. The molecule has 3 rings (SSSR count). The number of nitrogens with one attached hydrogen (secondary N) is 1. The van der Waals surface area contributed by atoms with Crippen molar-refractivity contribution in [3.63, 3.8) is 0 Å². The van der Waals surface area contributed by atoms with Gasteiger partial charge in [-0.3, -0.25) is 4.79 Å². The van der Waals surface area contributed by atoms with Crippen LogP contribution in [0.15, 0.2) is 71.8 Å². The number of hydrogen-bond acceptors (Lipinski definition) is 2. The summed E-state index contributed by atoms with van der Waals surface area (Å²) in [6.45, 7) is 1.87. The van der Waals surface area contributed by atoms with Crippen LogP contribution in [0.5, 0.6) is 0 Å². The van der Waals surface area contributed by atoms with Crippen molar-refractivity contribution in [1.29, 1.82) is 0 Å². The van der Waals surface area contributed by atoms with Crippen LogP contribution in [0.3, 0.4) is 0 Å². The molecule has 0 aromatic heterocycles. The Bertz CT molecular complexity index is 885. The lowest BCUT2D eigenvalue weighted by atomic mass is 10.0. The Labute approximate surface area is 139 Å². The van der Waals surface area contributed by atoms with Crippen LogP contribution < -0.4 is 5.43 Å². The minimum absolute atomic E-state index is 0.262. The first kappa shape index (κ1) is 15.3. The number of hydrogen-bond donors (Lipinski definition) is 1. The van der Waals surface area contributed by atoms with Gasteiger partial charge >= 0.3 is 0 Å². The summed E-state index contributed by atoms with van der Waals surface area (Å²) in [5.41, 5.74) is 4.81. The summed E-state index contributed by atoms with van der Waals surface area (Å²) in [4.78, 5) is 12.0. The summed E-state index contributed by atoms with van der Waals surface area (Å²) in [6, 6.07) is 20.9. The maximum absolute atomic E-state index is 12.0. The fourth-order valence-corrected chi connectivity index (χ4v) is 2.41. The summed E-state index contributed by atoms with van der Waals surface area (Å²) in [5.74, 6) is -0.262. The number of nitrogens with zero attached hydrogens (tertiary/aromatic N) is 1. The molecule has 0 aliphatic carbocycles. The quantitative estimate of drug-likeness (QED) is 0.553. The van der Waals surface area contributed by atoms with E-state index in [0.29, 0.717) is 10.6 Å². The molecule has 0 heterocycles. The highest BCUT2D eigenvalue weighted by molar-refractivity contribution is 6.30. The Kier molecular flexibility index (Phi) is 4.40. The predicted molar refractivity (Wildman–Crippen MR) is 95.1 cm³/mol. The first-order valence-electron chi connectivity index (χ1n) is 7.23. The molecule has 4 heteroatoms. The number of carbonyl (C=O) groups is 1. The van der Waals surface area contributed by atoms with Crippen LogP contribution in [0.25, 0.3) is 10.8 Å². The van der Waals surface area contributed by atoms with Gasteiger partial charge in [-0.2, -0.15) is 5.10 Å². The minimum Gasteiger partial charge on any atom is -0.267 e. The summed E-state index contributed by atoms with van der Waals surface area (Å²) < 4.78 is 0. The first-order chi connectivity index (χ1) is 11.1. The molecule has 3 nitrogen and oxygen atoms in total. The van der Waals surface area contributed by atoms with E-state index in [0.717, 1.165) is 16.7 Å². The zero-order chi connectivity index (χ0) is 16.2. The van der Waals surface area contributed by atoms with Crippen LogP contribution in [-0.2, 0) is 0 Å². The lowest BCUT2D eigenvalue weighted by Gasteiger charge is -2.05. The standard InChI is InChI=1S/C19H15ClN2O/c1-13(16-7-6-14-4-2-3-5-17(14)12-16)21-22-19(23)15-8-10-18(20)11-9-15/h2-12H,1H3,(H,22,23)/b21-13+. The smallest absolute Gasteiger partial charge is 0.267 e. The molecule has 0 aliphatic heterocycles.